The molecule has 88 valence electrons. The van der Waals surface area contributed by atoms with Crippen LogP contribution >= 0.6 is 11.8 Å². The van der Waals surface area contributed by atoms with Crippen LogP contribution in [-0.2, 0) is 6.54 Å². The van der Waals surface area contributed by atoms with Gasteiger partial charge in [-0.15, -0.1) is 0 Å². The van der Waals surface area contributed by atoms with Gasteiger partial charge in [-0.2, -0.15) is 0 Å². The Kier molecular flexibility index (Phi) is 2.39. The summed E-state index contributed by atoms with van der Waals surface area (Å²) in [5.41, 5.74) is 2.42. The first-order valence-corrected chi connectivity index (χ1v) is 6.54. The minimum absolute atomic E-state index is 0.0622. The average molecular weight is 248 g/mol. The minimum atomic E-state index is -0.0622. The molecule has 0 spiro atoms. The first-order chi connectivity index (χ1) is 8.16. The summed E-state index contributed by atoms with van der Waals surface area (Å²) in [6.07, 6.45) is 1.00. The van der Waals surface area contributed by atoms with E-state index >= 15 is 0 Å². The molecule has 0 saturated heterocycles. The lowest BCUT2D eigenvalue weighted by molar-refractivity contribution is 0.569. The molecular weight excluding hydrogens is 236 g/mol. The smallest absolute Gasteiger partial charge is 0.282 e. The van der Waals surface area contributed by atoms with Gasteiger partial charge in [0.2, 0.25) is 0 Å². The summed E-state index contributed by atoms with van der Waals surface area (Å²) in [7, 11) is 0. The van der Waals surface area contributed by atoms with E-state index in [1.54, 1.807) is 16.3 Å². The summed E-state index contributed by atoms with van der Waals surface area (Å²) in [5, 5.41) is 0.770. The second kappa shape index (κ2) is 3.80. The Morgan fingerprint density at radius 3 is 2.76 bits per heavy atom. The van der Waals surface area contributed by atoms with Crippen LogP contribution in [0.5, 0.6) is 0 Å². The van der Waals surface area contributed by atoms with Crippen LogP contribution < -0.4 is 5.56 Å². The highest BCUT2D eigenvalue weighted by Crippen LogP contribution is 2.22. The third kappa shape index (κ3) is 1.63. The van der Waals surface area contributed by atoms with Crippen LogP contribution in [-0.4, -0.2) is 25.3 Å². The van der Waals surface area contributed by atoms with Crippen molar-refractivity contribution in [2.75, 3.05) is 5.75 Å². The molecule has 0 amide bonds. The Bertz CT molecular complexity index is 665. The summed E-state index contributed by atoms with van der Waals surface area (Å²) >= 11 is 1.61. The third-order valence-corrected chi connectivity index (χ3v) is 3.99. The van der Waals surface area contributed by atoms with E-state index < -0.39 is 0 Å². The lowest BCUT2D eigenvalue weighted by Crippen LogP contribution is -2.27. The molecule has 0 unspecified atom stereocenters. The van der Waals surface area contributed by atoms with Crippen LogP contribution in [0.25, 0.3) is 11.2 Å². The van der Waals surface area contributed by atoms with E-state index in [1.807, 2.05) is 13.8 Å². The van der Waals surface area contributed by atoms with E-state index in [4.69, 9.17) is 0 Å². The molecule has 0 N–H and O–H groups in total. The third-order valence-electron chi connectivity index (χ3n) is 2.93. The molecule has 0 aromatic carbocycles. The molecule has 0 atom stereocenters. The number of thioether (sulfide) groups is 1. The molecular formula is C11H12N4OS. The van der Waals surface area contributed by atoms with Gasteiger partial charge < -0.3 is 0 Å². The summed E-state index contributed by atoms with van der Waals surface area (Å²) in [4.78, 5) is 25.3. The van der Waals surface area contributed by atoms with Gasteiger partial charge in [0.05, 0.1) is 11.4 Å². The van der Waals surface area contributed by atoms with Crippen LogP contribution in [0.1, 0.15) is 17.8 Å². The van der Waals surface area contributed by atoms with Crippen molar-refractivity contribution in [3.05, 3.63) is 21.7 Å². The van der Waals surface area contributed by atoms with Crippen LogP contribution in [0.4, 0.5) is 0 Å². The number of nitrogens with zero attached hydrogens (tertiary/aromatic N) is 4. The molecule has 3 rings (SSSR count). The summed E-state index contributed by atoms with van der Waals surface area (Å²) < 4.78 is 1.71. The Labute approximate surface area is 102 Å². The van der Waals surface area contributed by atoms with Crippen molar-refractivity contribution in [1.82, 2.24) is 19.5 Å². The van der Waals surface area contributed by atoms with Gasteiger partial charge in [0.15, 0.2) is 16.3 Å². The highest BCUT2D eigenvalue weighted by atomic mass is 32.2. The van der Waals surface area contributed by atoms with Crippen LogP contribution in [0, 0.1) is 13.8 Å². The zero-order valence-electron chi connectivity index (χ0n) is 9.73. The molecule has 0 aliphatic carbocycles. The summed E-state index contributed by atoms with van der Waals surface area (Å²) in [5.74, 6) is 1.01. The molecule has 3 heterocycles. The fraction of sp³-hybridized carbons (Fsp3) is 0.455. The quantitative estimate of drug-likeness (QED) is 0.658. The van der Waals surface area contributed by atoms with E-state index in [1.165, 1.54) is 0 Å². The first kappa shape index (κ1) is 10.7. The van der Waals surface area contributed by atoms with Crippen molar-refractivity contribution in [2.24, 2.45) is 0 Å². The number of hydrogen-bond donors (Lipinski definition) is 0. The van der Waals surface area contributed by atoms with Crippen LogP contribution in [0.3, 0.4) is 0 Å². The lowest BCUT2D eigenvalue weighted by Gasteiger charge is -2.16. The first-order valence-electron chi connectivity index (χ1n) is 5.55. The summed E-state index contributed by atoms with van der Waals surface area (Å²) in [6, 6.07) is 0. The highest BCUT2D eigenvalue weighted by Gasteiger charge is 2.17. The minimum Gasteiger partial charge on any atom is -0.286 e. The molecule has 0 bridgehead atoms. The van der Waals surface area contributed by atoms with Gasteiger partial charge in [0, 0.05) is 12.3 Å². The number of fused-ring (bicyclic) bond motifs is 2. The largest absolute Gasteiger partial charge is 0.286 e. The molecule has 2 aromatic heterocycles. The Hall–Kier alpha value is -1.43. The maximum atomic E-state index is 12.2. The Balaban J connectivity index is 2.40. The molecule has 1 aliphatic rings. The molecule has 17 heavy (non-hydrogen) atoms. The summed E-state index contributed by atoms with van der Waals surface area (Å²) in [6.45, 7) is 4.48. The zero-order valence-corrected chi connectivity index (χ0v) is 10.5. The van der Waals surface area contributed by atoms with Gasteiger partial charge in [0.25, 0.3) is 5.56 Å². The normalized spacial score (nSPS) is 14.9. The molecule has 0 radical (unpaired) electrons. The molecule has 5 nitrogen and oxygen atoms in total. The topological polar surface area (TPSA) is 60.7 Å². The van der Waals surface area contributed by atoms with Crippen molar-refractivity contribution in [3.63, 3.8) is 0 Å². The Morgan fingerprint density at radius 2 is 1.94 bits per heavy atom. The predicted octanol–water partition coefficient (Wildman–Crippen LogP) is 1.30. The fourth-order valence-electron chi connectivity index (χ4n) is 1.87. The van der Waals surface area contributed by atoms with Crippen molar-refractivity contribution in [1.29, 1.82) is 0 Å². The van der Waals surface area contributed by atoms with E-state index in [0.717, 1.165) is 35.3 Å². The van der Waals surface area contributed by atoms with Gasteiger partial charge in [-0.05, 0) is 20.3 Å². The van der Waals surface area contributed by atoms with Crippen molar-refractivity contribution < 1.29 is 0 Å². The van der Waals surface area contributed by atoms with E-state index in [0.29, 0.717) is 11.2 Å². The second-order valence-corrected chi connectivity index (χ2v) is 5.18. The monoisotopic (exact) mass is 248 g/mol. The molecule has 6 heteroatoms. The van der Waals surface area contributed by atoms with Crippen molar-refractivity contribution >= 4 is 22.9 Å². The van der Waals surface area contributed by atoms with Crippen molar-refractivity contribution in [3.8, 4) is 0 Å². The second-order valence-electron chi connectivity index (χ2n) is 4.12. The molecule has 0 saturated carbocycles. The van der Waals surface area contributed by atoms with E-state index in [2.05, 4.69) is 15.0 Å². The molecule has 2 aromatic rings. The van der Waals surface area contributed by atoms with Crippen molar-refractivity contribution in [2.45, 2.75) is 32.0 Å². The Morgan fingerprint density at radius 1 is 1.18 bits per heavy atom. The maximum Gasteiger partial charge on any atom is 0.282 e. The van der Waals surface area contributed by atoms with Gasteiger partial charge in [0.1, 0.15) is 0 Å². The van der Waals surface area contributed by atoms with Gasteiger partial charge in [-0.25, -0.2) is 15.0 Å². The zero-order chi connectivity index (χ0) is 12.0. The number of aromatic nitrogens is 4. The molecule has 1 aliphatic heterocycles. The number of aryl methyl sites for hydroxylation is 2. The number of rotatable bonds is 0. The molecule has 0 fully saturated rings. The van der Waals surface area contributed by atoms with Gasteiger partial charge >= 0.3 is 0 Å². The standard InChI is InChI=1S/C11H12N4OS/c1-6-7(2)13-9-8(12-6)10(16)15-4-3-5-17-11(15)14-9/h3-5H2,1-2H3. The van der Waals surface area contributed by atoms with Gasteiger partial charge in [-0.1, -0.05) is 11.8 Å². The van der Waals surface area contributed by atoms with Crippen LogP contribution in [0.15, 0.2) is 9.95 Å². The lowest BCUT2D eigenvalue weighted by atomic mass is 10.3. The number of hydrogen-bond acceptors (Lipinski definition) is 5. The van der Waals surface area contributed by atoms with Crippen LogP contribution in [0.2, 0.25) is 0 Å². The van der Waals surface area contributed by atoms with Gasteiger partial charge in [-0.3, -0.25) is 9.36 Å². The highest BCUT2D eigenvalue weighted by molar-refractivity contribution is 7.99. The average Bonchev–Trinajstić information content (AvgIpc) is 2.32. The maximum absolute atomic E-state index is 12.2. The van der Waals surface area contributed by atoms with E-state index in [-0.39, 0.29) is 5.56 Å². The predicted molar refractivity (Wildman–Crippen MR) is 66.4 cm³/mol. The SMILES string of the molecule is Cc1nc2nc3n(c(=O)c2nc1C)CCCS3. The van der Waals surface area contributed by atoms with E-state index in [9.17, 15) is 4.79 Å². The fourth-order valence-corrected chi connectivity index (χ4v) is 2.81.